The van der Waals surface area contributed by atoms with Crippen LogP contribution in [0.4, 0.5) is 0 Å². The Morgan fingerprint density at radius 3 is 0.778 bits per heavy atom. The zero-order chi connectivity index (χ0) is 51.3. The summed E-state index contributed by atoms with van der Waals surface area (Å²) in [6.07, 6.45) is 65.7. The van der Waals surface area contributed by atoms with Crippen LogP contribution in [0, 0.1) is 3.57 Å². The minimum absolute atomic E-state index is 0.463. The molecule has 0 aliphatic rings. The molecule has 0 bridgehead atoms. The normalized spacial score (nSPS) is 11.4. The first-order valence-corrected chi connectivity index (χ1v) is 33.2. The lowest BCUT2D eigenvalue weighted by Crippen LogP contribution is -2.08. The molecule has 2 aromatic rings. The van der Waals surface area contributed by atoms with Crippen LogP contribution < -0.4 is 18.9 Å². The van der Waals surface area contributed by atoms with Crippen LogP contribution in [0.3, 0.4) is 0 Å². The molecular formula is C67H119IO4. The summed E-state index contributed by atoms with van der Waals surface area (Å²) in [6, 6.07) is 12.6. The second-order valence-corrected chi connectivity index (χ2v) is 23.4. The van der Waals surface area contributed by atoms with E-state index >= 15 is 0 Å². The number of hydrogen-bond donors (Lipinski definition) is 0. The van der Waals surface area contributed by atoms with Gasteiger partial charge in [-0.15, -0.1) is 0 Å². The summed E-state index contributed by atoms with van der Waals surface area (Å²) in [4.78, 5) is 0. The molecule has 5 heteroatoms. The monoisotopic (exact) mass is 1110 g/mol. The van der Waals surface area contributed by atoms with E-state index in [0.717, 1.165) is 47.8 Å². The Morgan fingerprint density at radius 1 is 0.278 bits per heavy atom. The average molecular weight is 1120 g/mol. The van der Waals surface area contributed by atoms with E-state index in [4.69, 9.17) is 18.9 Å². The first-order valence-electron chi connectivity index (χ1n) is 32.1. The number of ether oxygens (including phenoxy) is 4. The molecule has 0 aliphatic carbocycles. The van der Waals surface area contributed by atoms with Crippen molar-refractivity contribution in [2.24, 2.45) is 0 Å². The van der Waals surface area contributed by atoms with Gasteiger partial charge in [0.2, 0.25) is 5.75 Å². The summed E-state index contributed by atoms with van der Waals surface area (Å²) in [5.74, 6) is 3.31. The van der Waals surface area contributed by atoms with E-state index in [0.29, 0.717) is 26.4 Å². The molecule has 0 fully saturated rings. The van der Waals surface area contributed by atoms with Crippen LogP contribution in [-0.4, -0.2) is 19.8 Å². The van der Waals surface area contributed by atoms with Crippen molar-refractivity contribution in [3.63, 3.8) is 0 Å². The van der Waals surface area contributed by atoms with Crippen LogP contribution in [-0.2, 0) is 6.61 Å². The second kappa shape index (κ2) is 52.8. The van der Waals surface area contributed by atoms with Gasteiger partial charge in [0.25, 0.3) is 0 Å². The largest absolute Gasteiger partial charge is 0.490 e. The minimum atomic E-state index is 0.463. The summed E-state index contributed by atoms with van der Waals surface area (Å²) < 4.78 is 27.5. The number of unbranched alkanes of at least 4 members (excludes halogenated alkanes) is 45. The summed E-state index contributed by atoms with van der Waals surface area (Å²) in [6.45, 7) is 9.48. The van der Waals surface area contributed by atoms with Gasteiger partial charge in [0.1, 0.15) is 12.4 Å². The Morgan fingerprint density at radius 2 is 0.514 bits per heavy atom. The summed E-state index contributed by atoms with van der Waals surface area (Å²) in [5.41, 5.74) is 1.06. The molecule has 0 spiro atoms. The standard InChI is InChI=1S/C67H119IO4/c1-4-7-10-13-16-19-22-25-28-31-34-37-40-43-46-49-56-69-65-59-62(61-72-64-54-52-63(68)53-55-64)60-66(70-57-50-47-44-41-38-35-32-29-26-23-20-17-14-11-8-5-2)67(65)71-58-51-48-45-42-39-36-33-30-27-24-21-18-15-12-9-6-3/h52-55,59-60H,4-51,56-58,61H2,1-3H3. The Balaban J connectivity index is 1.86. The third-order valence-corrected chi connectivity index (χ3v) is 15.8. The molecule has 4 nitrogen and oxygen atoms in total. The highest BCUT2D eigenvalue weighted by molar-refractivity contribution is 14.1. The van der Waals surface area contributed by atoms with E-state index in [9.17, 15) is 0 Å². The lowest BCUT2D eigenvalue weighted by molar-refractivity contribution is 0.232. The molecule has 2 aromatic carbocycles. The van der Waals surface area contributed by atoms with Gasteiger partial charge in [-0.05, 0) is 83.8 Å². The number of hydrogen-bond acceptors (Lipinski definition) is 4. The summed E-state index contributed by atoms with van der Waals surface area (Å²) in [7, 11) is 0. The minimum Gasteiger partial charge on any atom is -0.490 e. The Hall–Kier alpha value is -1.63. The van der Waals surface area contributed by atoms with Gasteiger partial charge in [-0.1, -0.05) is 310 Å². The van der Waals surface area contributed by atoms with Crippen molar-refractivity contribution in [2.45, 2.75) is 336 Å². The molecule has 0 N–H and O–H groups in total. The first kappa shape index (κ1) is 66.5. The molecule has 0 saturated heterocycles. The van der Waals surface area contributed by atoms with Gasteiger partial charge in [-0.2, -0.15) is 0 Å². The van der Waals surface area contributed by atoms with Gasteiger partial charge in [-0.3, -0.25) is 0 Å². The second-order valence-electron chi connectivity index (χ2n) is 22.1. The zero-order valence-corrected chi connectivity index (χ0v) is 50.4. The fourth-order valence-electron chi connectivity index (χ4n) is 10.3. The molecule has 0 radical (unpaired) electrons. The Labute approximate surface area is 462 Å². The molecule has 0 atom stereocenters. The van der Waals surface area contributed by atoms with Crippen LogP contribution in [0.5, 0.6) is 23.0 Å². The van der Waals surface area contributed by atoms with Crippen LogP contribution in [0.2, 0.25) is 0 Å². The molecule has 0 amide bonds. The van der Waals surface area contributed by atoms with Crippen molar-refractivity contribution < 1.29 is 18.9 Å². The SMILES string of the molecule is CCCCCCCCCCCCCCCCCCOc1cc(COc2ccc(I)cc2)cc(OCCCCCCCCCCCCCCCCCC)c1OCCCCCCCCCCCCCCCCCC. The van der Waals surface area contributed by atoms with Gasteiger partial charge >= 0.3 is 0 Å². The van der Waals surface area contributed by atoms with E-state index < -0.39 is 0 Å². The predicted molar refractivity (Wildman–Crippen MR) is 325 cm³/mol. The van der Waals surface area contributed by atoms with Crippen molar-refractivity contribution in [1.82, 2.24) is 0 Å². The predicted octanol–water partition coefficient (Wildman–Crippen LogP) is 23.8. The van der Waals surface area contributed by atoms with Crippen molar-refractivity contribution in [3.8, 4) is 23.0 Å². The lowest BCUT2D eigenvalue weighted by atomic mass is 10.0. The Bertz CT molecular complexity index is 1340. The van der Waals surface area contributed by atoms with E-state index in [2.05, 4.69) is 79.8 Å². The Kier molecular flexibility index (Phi) is 48.7. The highest BCUT2D eigenvalue weighted by Crippen LogP contribution is 2.40. The van der Waals surface area contributed by atoms with Gasteiger partial charge in [-0.25, -0.2) is 0 Å². The third-order valence-electron chi connectivity index (χ3n) is 15.1. The smallest absolute Gasteiger partial charge is 0.203 e. The van der Waals surface area contributed by atoms with Gasteiger partial charge in [0.15, 0.2) is 11.5 Å². The maximum absolute atomic E-state index is 6.69. The third kappa shape index (κ3) is 41.6. The zero-order valence-electron chi connectivity index (χ0n) is 48.2. The van der Waals surface area contributed by atoms with Crippen molar-refractivity contribution >= 4 is 22.6 Å². The van der Waals surface area contributed by atoms with Crippen LogP contribution in [0.25, 0.3) is 0 Å². The molecule has 418 valence electrons. The molecule has 2 rings (SSSR count). The topological polar surface area (TPSA) is 36.9 Å². The first-order chi connectivity index (χ1) is 35.7. The van der Waals surface area contributed by atoms with Crippen LogP contribution in [0.15, 0.2) is 36.4 Å². The van der Waals surface area contributed by atoms with Crippen molar-refractivity contribution in [3.05, 3.63) is 45.5 Å². The maximum atomic E-state index is 6.69. The number of rotatable bonds is 57. The quantitative estimate of drug-likeness (QED) is 0.0489. The molecule has 0 aromatic heterocycles. The average Bonchev–Trinajstić information content (AvgIpc) is 3.39. The number of halogens is 1. The molecule has 0 heterocycles. The van der Waals surface area contributed by atoms with E-state index in [1.165, 1.54) is 293 Å². The maximum Gasteiger partial charge on any atom is 0.203 e. The fourth-order valence-corrected chi connectivity index (χ4v) is 10.6. The highest BCUT2D eigenvalue weighted by Gasteiger charge is 2.17. The molecule has 72 heavy (non-hydrogen) atoms. The molecule has 0 saturated carbocycles. The van der Waals surface area contributed by atoms with E-state index in [1.807, 2.05) is 0 Å². The van der Waals surface area contributed by atoms with Crippen molar-refractivity contribution in [1.29, 1.82) is 0 Å². The van der Waals surface area contributed by atoms with Gasteiger partial charge < -0.3 is 18.9 Å². The molecule has 0 aliphatic heterocycles. The summed E-state index contributed by atoms with van der Waals surface area (Å²) in [5, 5.41) is 0. The summed E-state index contributed by atoms with van der Waals surface area (Å²) >= 11 is 2.35. The number of benzene rings is 2. The molecular weight excluding hydrogens is 996 g/mol. The van der Waals surface area contributed by atoms with Crippen molar-refractivity contribution in [2.75, 3.05) is 19.8 Å². The van der Waals surface area contributed by atoms with E-state index in [-0.39, 0.29) is 0 Å². The van der Waals surface area contributed by atoms with Crippen LogP contribution in [0.1, 0.15) is 335 Å². The van der Waals surface area contributed by atoms with E-state index in [1.54, 1.807) is 0 Å². The van der Waals surface area contributed by atoms with Crippen LogP contribution >= 0.6 is 22.6 Å². The van der Waals surface area contributed by atoms with Gasteiger partial charge in [0, 0.05) is 3.57 Å². The lowest BCUT2D eigenvalue weighted by Gasteiger charge is -2.19. The molecule has 0 unspecified atom stereocenters. The fraction of sp³-hybridized carbons (Fsp3) is 0.821. The van der Waals surface area contributed by atoms with Gasteiger partial charge in [0.05, 0.1) is 19.8 Å². The highest BCUT2D eigenvalue weighted by atomic mass is 127.